The number of hydrogen-bond donors (Lipinski definition) is 1. The van der Waals surface area contributed by atoms with Crippen LogP contribution in [0.2, 0.25) is 0 Å². The maximum absolute atomic E-state index is 10.7. The van der Waals surface area contributed by atoms with E-state index in [-0.39, 0.29) is 65.7 Å². The molecule has 0 heterocycles. The number of rotatable bonds is 15. The normalized spacial score (nSPS) is 10.1. The molecule has 1 N–H and O–H groups in total. The van der Waals surface area contributed by atoms with Gasteiger partial charge in [-0.1, -0.05) is 71.6 Å². The summed E-state index contributed by atoms with van der Waals surface area (Å²) in [7, 11) is 0. The Balaban J connectivity index is -0.00000180. The van der Waals surface area contributed by atoms with Crippen LogP contribution in [0.15, 0.2) is 0 Å². The molecule has 0 bridgehead atoms. The fourth-order valence-corrected chi connectivity index (χ4v) is 2.60. The van der Waals surface area contributed by atoms with Crippen molar-refractivity contribution in [3.8, 4) is 0 Å². The van der Waals surface area contributed by atoms with Crippen molar-refractivity contribution < 1.29 is 9.90 Å². The molecular weight excluding hydrogens is 296 g/mol. The zero-order valence-corrected chi connectivity index (χ0v) is 13.7. The summed E-state index contributed by atoms with van der Waals surface area (Å²) in [5.74, 6) is -0.703. The van der Waals surface area contributed by atoms with Gasteiger partial charge in [0.25, 0.3) is 0 Å². The summed E-state index contributed by atoms with van der Waals surface area (Å²) in [6.45, 7) is 6.41. The summed E-state index contributed by atoms with van der Waals surface area (Å²) >= 11 is 0. The van der Waals surface area contributed by atoms with E-state index in [2.05, 4.69) is 18.7 Å². The Morgan fingerprint density at radius 3 is 1.59 bits per heavy atom. The quantitative estimate of drug-likeness (QED) is 0.369. The van der Waals surface area contributed by atoms with Gasteiger partial charge in [-0.05, 0) is 25.9 Å². The number of carbonyl (C=O) groups is 1. The van der Waals surface area contributed by atoms with Crippen molar-refractivity contribution in [2.24, 2.45) is 0 Å². The third kappa shape index (κ3) is 21.4. The van der Waals surface area contributed by atoms with Crippen molar-refractivity contribution >= 4 is 65.1 Å². The van der Waals surface area contributed by atoms with E-state index in [9.17, 15) is 4.79 Å². The van der Waals surface area contributed by atoms with Gasteiger partial charge in [-0.2, -0.15) is 0 Å². The molecule has 0 aromatic rings. The molecule has 0 aliphatic carbocycles. The summed E-state index contributed by atoms with van der Waals surface area (Å²) in [6, 6.07) is 0. The van der Waals surface area contributed by atoms with Gasteiger partial charge < -0.3 is 5.11 Å². The van der Waals surface area contributed by atoms with Crippen molar-refractivity contribution in [1.82, 2.24) is 4.90 Å². The predicted molar refractivity (Wildman–Crippen MR) is 101 cm³/mol. The number of carboxylic acids is 1. The second kappa shape index (κ2) is 22.4. The van der Waals surface area contributed by atoms with Crippen LogP contribution in [0.3, 0.4) is 0 Å². The average Bonchev–Trinajstić information content (AvgIpc) is 2.40. The molecule has 0 saturated heterocycles. The van der Waals surface area contributed by atoms with Crippen LogP contribution in [0.4, 0.5) is 0 Å². The molecule has 0 rings (SSSR count). The third-order valence-corrected chi connectivity index (χ3v) is 3.73. The van der Waals surface area contributed by atoms with E-state index in [1.165, 1.54) is 57.8 Å². The van der Waals surface area contributed by atoms with Gasteiger partial charge in [0.1, 0.15) is 0 Å². The second-order valence-electron chi connectivity index (χ2n) is 5.85. The van der Waals surface area contributed by atoms with E-state index in [0.717, 1.165) is 25.9 Å². The van der Waals surface area contributed by atoms with Gasteiger partial charge in [0.2, 0.25) is 0 Å². The zero-order valence-electron chi connectivity index (χ0n) is 13.7. The Morgan fingerprint density at radius 1 is 0.727 bits per heavy atom. The van der Waals surface area contributed by atoms with Crippen LogP contribution in [0.25, 0.3) is 0 Å². The van der Waals surface area contributed by atoms with E-state index in [0.29, 0.717) is 0 Å². The molecule has 0 aromatic carbocycles. The number of unbranched alkanes of at least 4 members (excludes halogenated alkanes) is 9. The van der Waals surface area contributed by atoms with Gasteiger partial charge in [0.15, 0.2) is 0 Å². The fourth-order valence-electron chi connectivity index (χ4n) is 2.60. The van der Waals surface area contributed by atoms with Crippen LogP contribution in [0, 0.1) is 0 Å². The molecule has 0 amide bonds. The minimum atomic E-state index is -0.703. The second-order valence-corrected chi connectivity index (χ2v) is 5.85. The van der Waals surface area contributed by atoms with E-state index in [4.69, 9.17) is 5.11 Å². The molecule has 0 aliphatic rings. The Labute approximate surface area is 182 Å². The molecule has 22 heavy (non-hydrogen) atoms. The first kappa shape index (κ1) is 28.2. The van der Waals surface area contributed by atoms with Gasteiger partial charge in [0, 0.05) is 0 Å². The number of carboxylic acid groups (broad SMARTS) is 1. The van der Waals surface area contributed by atoms with E-state index in [1.807, 2.05) is 0 Å². The number of aliphatic carboxylic acids is 1. The first-order chi connectivity index (χ1) is 9.70. The van der Waals surface area contributed by atoms with Gasteiger partial charge in [-0.15, -0.1) is 0 Å². The van der Waals surface area contributed by atoms with Crippen LogP contribution < -0.4 is 0 Å². The molecule has 0 saturated carbocycles. The van der Waals surface area contributed by atoms with Gasteiger partial charge in [-0.25, -0.2) is 0 Å². The monoisotopic (exact) mass is 333 g/mol. The molecule has 0 radical (unpaired) electrons. The first-order valence-corrected chi connectivity index (χ1v) is 8.64. The Kier molecular flexibility index (Phi) is 28.8. The molecule has 3 nitrogen and oxygen atoms in total. The van der Waals surface area contributed by atoms with Crippen molar-refractivity contribution in [2.45, 2.75) is 84.5 Å². The fraction of sp³-hybridized carbons (Fsp3) is 0.941. The Morgan fingerprint density at radius 2 is 1.18 bits per heavy atom. The van der Waals surface area contributed by atoms with Gasteiger partial charge in [-0.3, -0.25) is 9.69 Å². The molecule has 0 fully saturated rings. The van der Waals surface area contributed by atoms with Crippen molar-refractivity contribution in [1.29, 1.82) is 0 Å². The maximum atomic E-state index is 10.7. The summed E-state index contributed by atoms with van der Waals surface area (Å²) in [6.07, 6.45) is 14.3. The zero-order chi connectivity index (χ0) is 15.1. The molecule has 0 aliphatic heterocycles. The third-order valence-electron chi connectivity index (χ3n) is 3.73. The van der Waals surface area contributed by atoms with Crippen LogP contribution >= 0.6 is 0 Å². The molecule has 0 spiro atoms. The van der Waals surface area contributed by atoms with Crippen LogP contribution in [0.5, 0.6) is 0 Å². The average molecular weight is 333 g/mol. The van der Waals surface area contributed by atoms with Crippen LogP contribution in [-0.2, 0) is 4.79 Å². The van der Waals surface area contributed by atoms with Crippen molar-refractivity contribution in [3.63, 3.8) is 0 Å². The van der Waals surface area contributed by atoms with Crippen molar-refractivity contribution in [3.05, 3.63) is 0 Å². The summed E-state index contributed by atoms with van der Waals surface area (Å²) in [4.78, 5) is 12.8. The molecule has 0 atom stereocenters. The molecule has 5 heteroatoms. The number of hydrogen-bond acceptors (Lipinski definition) is 2. The van der Waals surface area contributed by atoms with Crippen molar-refractivity contribution in [2.75, 3.05) is 19.6 Å². The Bertz CT molecular complexity index is 229. The molecular formula is C17H37NNa2O2. The van der Waals surface area contributed by atoms with E-state index in [1.54, 1.807) is 0 Å². The van der Waals surface area contributed by atoms with Gasteiger partial charge >= 0.3 is 65.1 Å². The molecule has 124 valence electrons. The minimum absolute atomic E-state index is 0. The number of nitrogens with zero attached hydrogens (tertiary/aromatic N) is 1. The molecule has 0 unspecified atom stereocenters. The SMILES string of the molecule is CCCCCCCCCCCCN(CCC)CC(=O)O.[NaH].[NaH]. The van der Waals surface area contributed by atoms with Crippen LogP contribution in [0.1, 0.15) is 84.5 Å². The Hall–Kier alpha value is 1.43. The predicted octanol–water partition coefficient (Wildman–Crippen LogP) is 3.41. The van der Waals surface area contributed by atoms with Gasteiger partial charge in [0.05, 0.1) is 6.54 Å². The molecule has 0 aromatic heterocycles. The van der Waals surface area contributed by atoms with E-state index < -0.39 is 5.97 Å². The summed E-state index contributed by atoms with van der Waals surface area (Å²) in [5, 5.41) is 8.83. The summed E-state index contributed by atoms with van der Waals surface area (Å²) < 4.78 is 0. The summed E-state index contributed by atoms with van der Waals surface area (Å²) in [5.41, 5.74) is 0. The first-order valence-electron chi connectivity index (χ1n) is 8.64. The van der Waals surface area contributed by atoms with Crippen LogP contribution in [-0.4, -0.2) is 94.7 Å². The standard InChI is InChI=1S/C17H35NO2.2Na.2H/c1-3-5-6-7-8-9-10-11-12-13-15-18(14-4-2)16-17(19)20;;;;/h3-16H2,1-2H3,(H,19,20);;;;. The topological polar surface area (TPSA) is 40.5 Å². The van der Waals surface area contributed by atoms with E-state index >= 15 is 0 Å².